The molecule has 6 heteroatoms. The highest BCUT2D eigenvalue weighted by molar-refractivity contribution is 5.78. The van der Waals surface area contributed by atoms with Crippen LogP contribution in [0.5, 0.6) is 0 Å². The molecule has 7 fully saturated rings. The first-order chi connectivity index (χ1) is 16.6. The number of ether oxygens (including phenoxy) is 3. The number of rotatable bonds is 8. The zero-order chi connectivity index (χ0) is 24.7. The van der Waals surface area contributed by atoms with E-state index in [2.05, 4.69) is 6.92 Å². The number of carbonyl (C=O) groups is 3. The highest BCUT2D eigenvalue weighted by Crippen LogP contribution is 2.60. The number of hydrogen-bond acceptors (Lipinski definition) is 6. The van der Waals surface area contributed by atoms with Gasteiger partial charge in [-0.3, -0.25) is 14.4 Å². The lowest BCUT2D eigenvalue weighted by molar-refractivity contribution is -0.212. The minimum atomic E-state index is -0.604. The summed E-state index contributed by atoms with van der Waals surface area (Å²) in [5, 5.41) is 0. The second-order valence-corrected chi connectivity index (χ2v) is 13.5. The molecular weight excluding hydrogens is 444 g/mol. The Morgan fingerprint density at radius 1 is 1.09 bits per heavy atom. The van der Waals surface area contributed by atoms with Gasteiger partial charge in [-0.05, 0) is 102 Å². The first kappa shape index (κ1) is 23.8. The summed E-state index contributed by atoms with van der Waals surface area (Å²) in [4.78, 5) is 38.5. The Morgan fingerprint density at radius 3 is 2.37 bits per heavy atom. The van der Waals surface area contributed by atoms with Gasteiger partial charge in [-0.15, -0.1) is 0 Å². The van der Waals surface area contributed by atoms with Gasteiger partial charge in [-0.1, -0.05) is 13.8 Å². The third-order valence-corrected chi connectivity index (χ3v) is 11.5. The molecule has 1 aliphatic heterocycles. The van der Waals surface area contributed by atoms with Crippen molar-refractivity contribution in [3.63, 3.8) is 0 Å². The van der Waals surface area contributed by atoms with E-state index in [1.165, 1.54) is 32.1 Å². The zero-order valence-corrected chi connectivity index (χ0v) is 21.8. The van der Waals surface area contributed by atoms with Crippen LogP contribution in [0, 0.1) is 52.8 Å². The van der Waals surface area contributed by atoms with Gasteiger partial charge in [0.25, 0.3) is 0 Å². The molecule has 0 spiro atoms. The van der Waals surface area contributed by atoms with Crippen molar-refractivity contribution in [3.8, 4) is 0 Å². The van der Waals surface area contributed by atoms with Crippen LogP contribution in [-0.2, 0) is 28.6 Å². The van der Waals surface area contributed by atoms with E-state index >= 15 is 0 Å². The fourth-order valence-corrected chi connectivity index (χ4v) is 9.00. The van der Waals surface area contributed by atoms with E-state index in [1.54, 1.807) is 0 Å². The van der Waals surface area contributed by atoms with Gasteiger partial charge in [-0.2, -0.15) is 0 Å². The summed E-state index contributed by atoms with van der Waals surface area (Å²) in [5.41, 5.74) is -0.934. The molecule has 7 atom stereocenters. The highest BCUT2D eigenvalue weighted by atomic mass is 16.6. The maximum Gasteiger partial charge on any atom is 0.312 e. The molecule has 1 saturated heterocycles. The average Bonchev–Trinajstić information content (AvgIpc) is 3.45. The van der Waals surface area contributed by atoms with E-state index in [0.717, 1.165) is 24.7 Å². The third-order valence-electron chi connectivity index (χ3n) is 11.5. The summed E-state index contributed by atoms with van der Waals surface area (Å²) in [6.45, 7) is 8.13. The summed E-state index contributed by atoms with van der Waals surface area (Å²) in [5.74, 6) is 2.42. The van der Waals surface area contributed by atoms with Gasteiger partial charge in [-0.25, -0.2) is 0 Å². The molecule has 0 radical (unpaired) electrons. The lowest BCUT2D eigenvalue weighted by Crippen LogP contribution is -2.58. The van der Waals surface area contributed by atoms with Crippen LogP contribution in [-0.4, -0.2) is 35.7 Å². The van der Waals surface area contributed by atoms with Crippen molar-refractivity contribution in [1.82, 2.24) is 0 Å². The minimum absolute atomic E-state index is 0.0185. The zero-order valence-electron chi connectivity index (χ0n) is 21.8. The number of hydrogen-bond donors (Lipinski definition) is 0. The van der Waals surface area contributed by atoms with E-state index in [9.17, 15) is 14.4 Å². The van der Waals surface area contributed by atoms with Gasteiger partial charge in [0, 0.05) is 11.8 Å². The number of carbonyl (C=O) groups excluding carboxylic acids is 3. The Labute approximate surface area is 209 Å². The maximum absolute atomic E-state index is 13.6. The molecule has 194 valence electrons. The Kier molecular flexibility index (Phi) is 5.58. The van der Waals surface area contributed by atoms with Crippen molar-refractivity contribution in [1.29, 1.82) is 0 Å². The van der Waals surface area contributed by atoms with Crippen LogP contribution < -0.4 is 0 Å². The fourth-order valence-electron chi connectivity index (χ4n) is 9.00. The highest BCUT2D eigenvalue weighted by Gasteiger charge is 2.63. The Morgan fingerprint density at radius 2 is 1.74 bits per heavy atom. The summed E-state index contributed by atoms with van der Waals surface area (Å²) >= 11 is 0. The third kappa shape index (κ3) is 3.67. The van der Waals surface area contributed by atoms with Gasteiger partial charge in [0.2, 0.25) is 0 Å². The molecule has 7 aliphatic rings. The lowest BCUT2D eigenvalue weighted by atomic mass is 9.50. The van der Waals surface area contributed by atoms with Crippen molar-refractivity contribution < 1.29 is 28.6 Å². The van der Waals surface area contributed by atoms with Crippen molar-refractivity contribution in [3.05, 3.63) is 0 Å². The number of fused-ring (bicyclic) bond motifs is 1. The second-order valence-electron chi connectivity index (χ2n) is 13.5. The molecule has 0 amide bonds. The normalized spacial score (nSPS) is 46.9. The molecule has 6 nitrogen and oxygen atoms in total. The molecule has 0 aromatic rings. The van der Waals surface area contributed by atoms with E-state index in [-0.39, 0.29) is 59.4 Å². The van der Waals surface area contributed by atoms with E-state index in [4.69, 9.17) is 14.2 Å². The topological polar surface area (TPSA) is 78.9 Å². The SMILES string of the molecule is CCC(C)(CCC(C)C(=O)OC1C2CC3C(=O)OC1C3C2)C(=O)OC1(C)C2CC3CC(C2)CC1C3. The Bertz CT molecular complexity index is 883. The summed E-state index contributed by atoms with van der Waals surface area (Å²) in [7, 11) is 0. The van der Waals surface area contributed by atoms with Crippen LogP contribution in [0.2, 0.25) is 0 Å². The standard InChI is InChI=1S/C29H42O6/c1-5-28(3,27(32)35-29(4)19-9-16-8-17(11-19)12-20(29)10-16)7-6-15(2)25(30)33-23-18-13-21-22(14-18)26(31)34-24(21)23/h15-24H,5-14H2,1-4H3. The van der Waals surface area contributed by atoms with Gasteiger partial charge in [0.1, 0.15) is 17.8 Å². The molecule has 35 heavy (non-hydrogen) atoms. The van der Waals surface area contributed by atoms with Crippen LogP contribution in [0.25, 0.3) is 0 Å². The fraction of sp³-hybridized carbons (Fsp3) is 0.897. The quantitative estimate of drug-likeness (QED) is 0.352. The Hall–Kier alpha value is -1.59. The van der Waals surface area contributed by atoms with E-state index in [1.807, 2.05) is 20.8 Å². The molecular formula is C29H42O6. The van der Waals surface area contributed by atoms with Crippen LogP contribution in [0.15, 0.2) is 0 Å². The van der Waals surface area contributed by atoms with Gasteiger partial charge >= 0.3 is 17.9 Å². The van der Waals surface area contributed by atoms with Crippen molar-refractivity contribution >= 4 is 17.9 Å². The molecule has 7 unspecified atom stereocenters. The van der Waals surface area contributed by atoms with Gasteiger partial charge in [0.15, 0.2) is 0 Å². The molecule has 6 saturated carbocycles. The molecule has 6 aliphatic carbocycles. The molecule has 6 bridgehead atoms. The Balaban J connectivity index is 1.05. The van der Waals surface area contributed by atoms with E-state index < -0.39 is 5.41 Å². The minimum Gasteiger partial charge on any atom is -0.458 e. The van der Waals surface area contributed by atoms with Gasteiger partial charge < -0.3 is 14.2 Å². The summed E-state index contributed by atoms with van der Waals surface area (Å²) in [6, 6.07) is 0. The van der Waals surface area contributed by atoms with Crippen molar-refractivity contribution in [2.45, 2.75) is 110 Å². The monoisotopic (exact) mass is 486 g/mol. The average molecular weight is 487 g/mol. The van der Waals surface area contributed by atoms with E-state index in [0.29, 0.717) is 31.1 Å². The smallest absolute Gasteiger partial charge is 0.312 e. The summed E-state index contributed by atoms with van der Waals surface area (Å²) in [6.07, 6.45) is 9.27. The molecule has 0 aromatic carbocycles. The molecule has 1 heterocycles. The van der Waals surface area contributed by atoms with Crippen molar-refractivity contribution in [2.24, 2.45) is 52.8 Å². The summed E-state index contributed by atoms with van der Waals surface area (Å²) < 4.78 is 17.9. The van der Waals surface area contributed by atoms with Crippen LogP contribution >= 0.6 is 0 Å². The first-order valence-corrected chi connectivity index (χ1v) is 14.3. The first-order valence-electron chi connectivity index (χ1n) is 14.3. The van der Waals surface area contributed by atoms with Crippen LogP contribution in [0.1, 0.15) is 91.9 Å². The molecule has 0 N–H and O–H groups in total. The largest absolute Gasteiger partial charge is 0.458 e. The van der Waals surface area contributed by atoms with Crippen LogP contribution in [0.3, 0.4) is 0 Å². The maximum atomic E-state index is 13.6. The lowest BCUT2D eigenvalue weighted by Gasteiger charge is -2.59. The van der Waals surface area contributed by atoms with Crippen molar-refractivity contribution in [2.75, 3.05) is 0 Å². The predicted octanol–water partition coefficient (Wildman–Crippen LogP) is 5.07. The van der Waals surface area contributed by atoms with Gasteiger partial charge in [0.05, 0.1) is 17.3 Å². The second kappa shape index (κ2) is 8.21. The molecule has 7 rings (SSSR count). The predicted molar refractivity (Wildman–Crippen MR) is 128 cm³/mol. The van der Waals surface area contributed by atoms with Crippen LogP contribution in [0.4, 0.5) is 0 Å². The number of esters is 3. The molecule has 0 aromatic heterocycles.